The van der Waals surface area contributed by atoms with Gasteiger partial charge in [-0.2, -0.15) is 4.37 Å². The zero-order chi connectivity index (χ0) is 32.2. The molecule has 1 aliphatic rings. The first-order valence-electron chi connectivity index (χ1n) is 14.4. The second-order valence-electron chi connectivity index (χ2n) is 10.1. The normalized spacial score (nSPS) is 15.3. The molecule has 2 N–H and O–H groups in total. The number of ether oxygens (including phenoxy) is 3. The molecule has 44 heavy (non-hydrogen) atoms. The number of aromatic nitrogens is 2. The van der Waals surface area contributed by atoms with Gasteiger partial charge in [-0.25, -0.2) is 4.79 Å². The second-order valence-corrected chi connectivity index (χ2v) is 10.7. The topological polar surface area (TPSA) is 145 Å². The molecule has 0 saturated heterocycles. The molecule has 0 fully saturated rings. The van der Waals surface area contributed by atoms with Crippen LogP contribution in [0.2, 0.25) is 0 Å². The molecule has 0 bridgehead atoms. The number of para-hydroxylation sites is 1. The van der Waals surface area contributed by atoms with E-state index < -0.39 is 5.97 Å². The molecule has 0 radical (unpaired) electrons. The van der Waals surface area contributed by atoms with Crippen LogP contribution in [0.1, 0.15) is 60.6 Å². The highest BCUT2D eigenvalue weighted by molar-refractivity contribution is 6.99. The van der Waals surface area contributed by atoms with Gasteiger partial charge in [0, 0.05) is 24.7 Å². The Balaban J connectivity index is 0.00000127. The lowest BCUT2D eigenvalue weighted by atomic mass is 10.1. The Kier molecular flexibility index (Phi) is 16.3. The van der Waals surface area contributed by atoms with Crippen molar-refractivity contribution in [3.8, 4) is 11.6 Å². The van der Waals surface area contributed by atoms with E-state index in [1.807, 2.05) is 12.1 Å². The lowest BCUT2D eigenvalue weighted by Gasteiger charge is -2.36. The molecule has 1 unspecified atom stereocenters. The number of quaternary nitrogens is 1. The Morgan fingerprint density at radius 1 is 1.02 bits per heavy atom. The van der Waals surface area contributed by atoms with Crippen LogP contribution < -0.4 is 9.47 Å². The first-order chi connectivity index (χ1) is 21.4. The predicted octanol–water partition coefficient (Wildman–Crippen LogP) is 5.00. The third kappa shape index (κ3) is 11.9. The molecular formula is C32H42N3O8S+. The molecule has 1 atom stereocenters. The van der Waals surface area contributed by atoms with Crippen LogP contribution in [0.4, 0.5) is 0 Å². The van der Waals surface area contributed by atoms with Gasteiger partial charge in [0.15, 0.2) is 0 Å². The largest absolute Gasteiger partial charge is 0.483 e. The molecular weight excluding hydrogens is 586 g/mol. The van der Waals surface area contributed by atoms with Gasteiger partial charge < -0.3 is 24.4 Å². The number of rotatable bonds is 13. The number of unbranched alkanes of at least 4 members (excludes halogenated alkanes) is 3. The maximum atomic E-state index is 12.8. The number of likely N-dealkylation sites (N-methyl/N-ethyl adjacent to an activating group) is 1. The summed E-state index contributed by atoms with van der Waals surface area (Å²) >= 11 is 1.16. The third-order valence-electron chi connectivity index (χ3n) is 6.67. The van der Waals surface area contributed by atoms with Crippen molar-refractivity contribution in [3.63, 3.8) is 0 Å². The third-order valence-corrected chi connectivity index (χ3v) is 7.18. The number of carboxylic acid groups (broad SMARTS) is 1. The number of carbonyl (C=O) groups excluding carboxylic acids is 2. The van der Waals surface area contributed by atoms with E-state index in [2.05, 4.69) is 28.8 Å². The summed E-state index contributed by atoms with van der Waals surface area (Å²) in [6, 6.07) is 15.8. The molecule has 0 aliphatic carbocycles. The Morgan fingerprint density at radius 2 is 1.73 bits per heavy atom. The van der Waals surface area contributed by atoms with E-state index in [0.29, 0.717) is 40.4 Å². The monoisotopic (exact) mass is 628 g/mol. The maximum Gasteiger partial charge on any atom is 0.343 e. The highest BCUT2D eigenvalue weighted by atomic mass is 32.1. The quantitative estimate of drug-likeness (QED) is 0.0872. The Morgan fingerprint density at radius 3 is 2.45 bits per heavy atom. The summed E-state index contributed by atoms with van der Waals surface area (Å²) in [6.45, 7) is 4.31. The average molecular weight is 629 g/mol. The summed E-state index contributed by atoms with van der Waals surface area (Å²) in [5, 5.41) is 13.9. The van der Waals surface area contributed by atoms with Gasteiger partial charge in [-0.1, -0.05) is 68.7 Å². The summed E-state index contributed by atoms with van der Waals surface area (Å²) in [6.07, 6.45) is 7.57. The molecule has 2 aromatic carbocycles. The maximum absolute atomic E-state index is 12.8. The van der Waals surface area contributed by atoms with Crippen LogP contribution in [0.25, 0.3) is 5.57 Å². The van der Waals surface area contributed by atoms with Crippen molar-refractivity contribution in [1.82, 2.24) is 8.75 Å². The standard InChI is InChI=1S/C30H36N3O5S.CH2O2.CH4O/c1-3-4-5-11-19-36-29-28(31-39-32-29)25-16-12-18-33(2,21-25)22-37-27(34)20-24-15-9-10-17-26(24)38-30(35)23-13-7-6-8-14-23;2-1-3;1-2/h6-10,13-17H,3-5,11-12,18-22H2,1-2H3;1H,(H,2,3);2H,1H3/q+1;;. The van der Waals surface area contributed by atoms with E-state index in [4.69, 9.17) is 29.2 Å². The Labute approximate surface area is 262 Å². The SMILES string of the molecule is CCCCCCOc1nsnc1C1=CCC[N+](C)(COC(=O)Cc2ccccc2OC(=O)c2ccccc2)C1.CO.O=CO. The lowest BCUT2D eigenvalue weighted by Crippen LogP contribution is -2.49. The number of benzene rings is 2. The van der Waals surface area contributed by atoms with E-state index in [0.717, 1.165) is 55.9 Å². The molecule has 11 nitrogen and oxygen atoms in total. The van der Waals surface area contributed by atoms with Gasteiger partial charge in [0.25, 0.3) is 12.4 Å². The number of aliphatic hydroxyl groups excluding tert-OH is 1. The smallest absolute Gasteiger partial charge is 0.343 e. The predicted molar refractivity (Wildman–Crippen MR) is 167 cm³/mol. The van der Waals surface area contributed by atoms with Crippen LogP contribution in [0.15, 0.2) is 60.7 Å². The number of hydrogen-bond acceptors (Lipinski definition) is 10. The molecule has 2 heterocycles. The zero-order valence-electron chi connectivity index (χ0n) is 25.5. The Bertz CT molecular complexity index is 1330. The van der Waals surface area contributed by atoms with Crippen molar-refractivity contribution in [1.29, 1.82) is 0 Å². The van der Waals surface area contributed by atoms with Crippen molar-refractivity contribution in [2.45, 2.75) is 45.4 Å². The van der Waals surface area contributed by atoms with Crippen LogP contribution in [0.5, 0.6) is 11.6 Å². The van der Waals surface area contributed by atoms with Crippen LogP contribution in [-0.2, 0) is 20.7 Å². The van der Waals surface area contributed by atoms with Crippen molar-refractivity contribution in [2.75, 3.05) is 40.6 Å². The average Bonchev–Trinajstić information content (AvgIpc) is 3.51. The van der Waals surface area contributed by atoms with Gasteiger partial charge in [0.1, 0.15) is 18.0 Å². The van der Waals surface area contributed by atoms with Gasteiger partial charge in [0.2, 0.25) is 6.73 Å². The number of hydrogen-bond donors (Lipinski definition) is 2. The van der Waals surface area contributed by atoms with E-state index >= 15 is 0 Å². The van der Waals surface area contributed by atoms with Gasteiger partial charge in [-0.15, -0.1) is 4.37 Å². The fourth-order valence-electron chi connectivity index (χ4n) is 4.47. The van der Waals surface area contributed by atoms with Gasteiger partial charge >= 0.3 is 11.9 Å². The first kappa shape index (κ1) is 36.1. The highest BCUT2D eigenvalue weighted by Gasteiger charge is 2.31. The van der Waals surface area contributed by atoms with Crippen molar-refractivity contribution >= 4 is 35.7 Å². The zero-order valence-corrected chi connectivity index (χ0v) is 26.3. The van der Waals surface area contributed by atoms with E-state index in [1.165, 1.54) is 12.8 Å². The first-order valence-corrected chi connectivity index (χ1v) is 15.1. The van der Waals surface area contributed by atoms with Crippen molar-refractivity contribution < 1.29 is 43.3 Å². The van der Waals surface area contributed by atoms with Crippen LogP contribution in [0, 0.1) is 0 Å². The van der Waals surface area contributed by atoms with Crippen LogP contribution in [0.3, 0.4) is 0 Å². The molecule has 0 saturated carbocycles. The lowest BCUT2D eigenvalue weighted by molar-refractivity contribution is -0.919. The van der Waals surface area contributed by atoms with Gasteiger partial charge in [-0.05, 0) is 24.6 Å². The van der Waals surface area contributed by atoms with Gasteiger partial charge in [-0.3, -0.25) is 14.1 Å². The van der Waals surface area contributed by atoms with Gasteiger partial charge in [0.05, 0.1) is 43.9 Å². The van der Waals surface area contributed by atoms with E-state index in [1.54, 1.807) is 42.5 Å². The van der Waals surface area contributed by atoms with Crippen molar-refractivity contribution in [3.05, 3.63) is 77.5 Å². The molecule has 12 heteroatoms. The highest BCUT2D eigenvalue weighted by Crippen LogP contribution is 2.30. The number of carbonyl (C=O) groups is 3. The molecule has 0 amide bonds. The summed E-state index contributed by atoms with van der Waals surface area (Å²) in [4.78, 5) is 33.7. The molecule has 3 aromatic rings. The molecule has 0 spiro atoms. The number of nitrogens with zero attached hydrogens (tertiary/aromatic N) is 3. The van der Waals surface area contributed by atoms with Crippen LogP contribution >= 0.6 is 11.7 Å². The van der Waals surface area contributed by atoms with E-state index in [9.17, 15) is 9.59 Å². The second kappa shape index (κ2) is 19.9. The minimum atomic E-state index is -0.469. The van der Waals surface area contributed by atoms with Crippen LogP contribution in [-0.4, -0.2) is 82.4 Å². The number of esters is 2. The van der Waals surface area contributed by atoms with Crippen molar-refractivity contribution in [2.24, 2.45) is 0 Å². The summed E-state index contributed by atoms with van der Waals surface area (Å²) in [5.41, 5.74) is 2.90. The molecule has 1 aliphatic heterocycles. The number of aliphatic hydroxyl groups is 1. The fourth-order valence-corrected chi connectivity index (χ4v) is 5.00. The molecule has 4 rings (SSSR count). The Hall–Kier alpha value is -4.13. The summed E-state index contributed by atoms with van der Waals surface area (Å²) in [5.74, 6) is 0.100. The molecule has 1 aromatic heterocycles. The summed E-state index contributed by atoms with van der Waals surface area (Å²) in [7, 11) is 3.07. The summed E-state index contributed by atoms with van der Waals surface area (Å²) < 4.78 is 26.7. The van der Waals surface area contributed by atoms with E-state index in [-0.39, 0.29) is 25.6 Å². The fraction of sp³-hybridized carbons (Fsp3) is 0.406. The molecule has 238 valence electrons. The minimum Gasteiger partial charge on any atom is -0.483 e. The minimum absolute atomic E-state index is 0.00691.